The summed E-state index contributed by atoms with van der Waals surface area (Å²) in [5, 5.41) is 12.3. The van der Waals surface area contributed by atoms with Gasteiger partial charge in [-0.25, -0.2) is 9.97 Å². The molecule has 0 unspecified atom stereocenters. The van der Waals surface area contributed by atoms with E-state index in [1.54, 1.807) is 88.4 Å². The summed E-state index contributed by atoms with van der Waals surface area (Å²) in [6.07, 6.45) is 2.15. The van der Waals surface area contributed by atoms with Crippen LogP contribution in [-0.4, -0.2) is 251 Å². The number of fused-ring (bicyclic) bond motifs is 4. The van der Waals surface area contributed by atoms with Gasteiger partial charge in [0.05, 0.1) is 37.2 Å². The van der Waals surface area contributed by atoms with Crippen LogP contribution >= 0.6 is 0 Å². The Morgan fingerprint density at radius 3 is 1.18 bits per heavy atom. The molecule has 2 aromatic heterocycles. The zero-order chi connectivity index (χ0) is 75.1. The molecule has 3 fully saturated rings. The maximum atomic E-state index is 15.4. The van der Waals surface area contributed by atoms with Crippen LogP contribution in [0.25, 0.3) is 21.8 Å². The number of aromatic nitrogens is 2. The summed E-state index contributed by atoms with van der Waals surface area (Å²) in [5.41, 5.74) is 2.10. The zero-order valence-electron chi connectivity index (χ0n) is 60.7. The van der Waals surface area contributed by atoms with E-state index in [1.807, 2.05) is 60.7 Å². The quantitative estimate of drug-likeness (QED) is 0.136. The van der Waals surface area contributed by atoms with Crippen molar-refractivity contribution in [2.24, 2.45) is 11.8 Å². The number of benzene rings is 4. The van der Waals surface area contributed by atoms with Gasteiger partial charge in [0.15, 0.2) is 22.9 Å². The average molecular weight is 1430 g/mol. The highest BCUT2D eigenvalue weighted by atomic mass is 16.5. The zero-order valence-corrected chi connectivity index (χ0v) is 60.7. The molecule has 552 valence electrons. The first-order chi connectivity index (χ1) is 49.7. The van der Waals surface area contributed by atoms with Gasteiger partial charge in [0, 0.05) is 79.2 Å². The Hall–Kier alpha value is -11.1. The van der Waals surface area contributed by atoms with Crippen LogP contribution in [0.3, 0.4) is 0 Å². The van der Waals surface area contributed by atoms with Gasteiger partial charge in [0.1, 0.15) is 49.5 Å². The summed E-state index contributed by atoms with van der Waals surface area (Å²) in [6, 6.07) is 28.0. The Morgan fingerprint density at radius 1 is 0.462 bits per heavy atom. The molecule has 0 aliphatic carbocycles. The van der Waals surface area contributed by atoms with Crippen LogP contribution in [0.2, 0.25) is 0 Å². The normalized spacial score (nSPS) is 21.3. The van der Waals surface area contributed by atoms with E-state index in [9.17, 15) is 47.9 Å². The number of piperidine rings is 2. The Balaban J connectivity index is 1.02. The minimum absolute atomic E-state index is 0.0290. The van der Waals surface area contributed by atoms with E-state index >= 15 is 9.59 Å². The summed E-state index contributed by atoms with van der Waals surface area (Å²) in [7, 11) is 8.28. The molecule has 4 N–H and O–H groups in total. The minimum atomic E-state index is -1.57. The number of nitrogens with zero attached hydrogens (tertiary/aromatic N) is 10. The molecule has 9 rings (SSSR count). The first kappa shape index (κ1) is 77.1. The topological polar surface area (TPSA) is 323 Å². The predicted molar refractivity (Wildman–Crippen MR) is 386 cm³/mol. The molecule has 104 heavy (non-hydrogen) atoms. The van der Waals surface area contributed by atoms with E-state index in [0.717, 1.165) is 20.9 Å². The predicted octanol–water partition coefficient (Wildman–Crippen LogP) is 3.65. The van der Waals surface area contributed by atoms with Crippen molar-refractivity contribution in [3.05, 3.63) is 144 Å². The van der Waals surface area contributed by atoms with E-state index in [0.29, 0.717) is 47.5 Å². The maximum absolute atomic E-state index is 15.4. The van der Waals surface area contributed by atoms with Crippen molar-refractivity contribution in [3.8, 4) is 11.5 Å². The average Bonchev–Trinajstić information content (AvgIpc) is 0.794. The molecule has 5 heterocycles. The van der Waals surface area contributed by atoms with Crippen molar-refractivity contribution in [1.82, 2.24) is 70.4 Å². The minimum Gasteiger partial charge on any atom is -0.486 e. The fraction of sp³-hybridized carbons (Fsp3) is 0.447. The van der Waals surface area contributed by atoms with E-state index in [1.165, 1.54) is 71.7 Å². The Labute approximate surface area is 605 Å². The molecular weight excluding hydrogens is 1330 g/mol. The number of nitrogens with one attached hydrogen (secondary N) is 4. The van der Waals surface area contributed by atoms with Crippen molar-refractivity contribution in [3.63, 3.8) is 0 Å². The molecule has 28 heteroatoms. The van der Waals surface area contributed by atoms with Gasteiger partial charge in [-0.2, -0.15) is 0 Å². The largest absolute Gasteiger partial charge is 0.486 e. The Morgan fingerprint density at radius 2 is 0.817 bits per heavy atom. The lowest BCUT2D eigenvalue weighted by Gasteiger charge is -2.39. The van der Waals surface area contributed by atoms with E-state index < -0.39 is 158 Å². The molecule has 0 spiro atoms. The van der Waals surface area contributed by atoms with Crippen molar-refractivity contribution in [2.45, 2.75) is 116 Å². The highest BCUT2D eigenvalue weighted by molar-refractivity contribution is 6.03. The number of hydrogen-bond donors (Lipinski definition) is 4. The maximum Gasteiger partial charge on any atom is 0.274 e. The molecule has 3 saturated heterocycles. The highest BCUT2D eigenvalue weighted by Gasteiger charge is 2.43. The molecular formula is C76H94N14O14. The number of amides is 12. The lowest BCUT2D eigenvalue weighted by atomic mass is 9.99. The second kappa shape index (κ2) is 35.2. The summed E-state index contributed by atoms with van der Waals surface area (Å²) in [6.45, 7) is 3.61. The molecule has 3 aliphatic heterocycles. The van der Waals surface area contributed by atoms with E-state index in [-0.39, 0.29) is 62.0 Å². The first-order valence-corrected chi connectivity index (χ1v) is 35.1. The Bertz CT molecular complexity index is 3900. The van der Waals surface area contributed by atoms with Crippen molar-refractivity contribution in [2.75, 3.05) is 94.6 Å². The standard InChI is InChI=1S/C76H94N14O14/c1-47(2)67-75(101)85(7)41-55(81-71(97)65-59(103-45-49-25-13-11-14-26-49)37-51-29-17-19-31-53(51)79-65)73(99)89-35-23-21-33-57(89)69(95)78-40-62(92)84(6)44-64(94)88(10)68(48(3)4)76(102)86(8)42-56(74(100)90-36-24-22-34-58(90)70(96)77-39-61(91)83(5)43-63(93)87(67)9)82-72(98)66-60(104-46-50-27-15-12-16-28-50)38-52-30-18-20-32-54(52)80-66/h11-20,25-32,37-38,47-48,55-58,67-68H,21-24,33-36,39-46H2,1-10H3,(H,77,96)(H,78,95)(H,81,97)(H,82,98)/t55-,56-,57+,58+,67+,68+/m1/s1. The lowest BCUT2D eigenvalue weighted by molar-refractivity contribution is -0.149. The number of carbonyl (C=O) groups is 12. The SMILES string of the molecule is CC(C)[C@H]1C(=O)N(C)C[C@@H](NC(=O)c2nc3ccccc3cc2OCc2ccccc2)C(=O)N2CCCC[C@H]2C(=O)NCC(=O)N(C)CC(=O)N(C)[C@@H](C(C)C)C(=O)N(C)C[C@@H](NC(=O)c2nc3ccccc3cc2OCc2ccccc2)C(=O)N2CCCC[C@H]2C(=O)NCC(=O)N(C)CC(=O)N1C. The Kier molecular flexibility index (Phi) is 26.1. The fourth-order valence-corrected chi connectivity index (χ4v) is 13.3. The van der Waals surface area contributed by atoms with Crippen LogP contribution in [0.4, 0.5) is 0 Å². The van der Waals surface area contributed by atoms with Crippen LogP contribution in [0, 0.1) is 11.8 Å². The summed E-state index contributed by atoms with van der Waals surface area (Å²) >= 11 is 0. The summed E-state index contributed by atoms with van der Waals surface area (Å²) < 4.78 is 12.5. The molecule has 12 amide bonds. The molecule has 0 radical (unpaired) electrons. The third kappa shape index (κ3) is 19.0. The van der Waals surface area contributed by atoms with Crippen molar-refractivity contribution >= 4 is 92.7 Å². The van der Waals surface area contributed by atoms with E-state index in [2.05, 4.69) is 21.3 Å². The number of rotatable bonds is 12. The first-order valence-electron chi connectivity index (χ1n) is 35.1. The third-order valence-electron chi connectivity index (χ3n) is 19.1. The highest BCUT2D eigenvalue weighted by Crippen LogP contribution is 2.29. The smallest absolute Gasteiger partial charge is 0.274 e. The number of para-hydroxylation sites is 2. The van der Waals surface area contributed by atoms with Crippen LogP contribution < -0.4 is 30.7 Å². The molecule has 0 saturated carbocycles. The molecule has 6 atom stereocenters. The lowest BCUT2D eigenvalue weighted by Crippen LogP contribution is -2.61. The molecule has 4 aromatic carbocycles. The van der Waals surface area contributed by atoms with Crippen molar-refractivity contribution < 1.29 is 67.0 Å². The molecule has 6 aromatic rings. The van der Waals surface area contributed by atoms with Crippen LogP contribution in [0.5, 0.6) is 11.5 Å². The number of carbonyl (C=O) groups excluding carboxylic acids is 12. The third-order valence-corrected chi connectivity index (χ3v) is 19.1. The number of ether oxygens (including phenoxy) is 2. The van der Waals surface area contributed by atoms with Gasteiger partial charge in [-0.05, 0) is 85.8 Å². The van der Waals surface area contributed by atoms with Gasteiger partial charge in [0.2, 0.25) is 59.1 Å². The van der Waals surface area contributed by atoms with Gasteiger partial charge in [0.25, 0.3) is 11.8 Å². The van der Waals surface area contributed by atoms with Gasteiger partial charge >= 0.3 is 0 Å². The monoisotopic (exact) mass is 1430 g/mol. The van der Waals surface area contributed by atoms with Gasteiger partial charge in [-0.15, -0.1) is 0 Å². The second-order valence-electron chi connectivity index (χ2n) is 27.5. The van der Waals surface area contributed by atoms with Crippen LogP contribution in [0.1, 0.15) is 98.3 Å². The van der Waals surface area contributed by atoms with Gasteiger partial charge in [-0.1, -0.05) is 125 Å². The van der Waals surface area contributed by atoms with E-state index in [4.69, 9.17) is 19.4 Å². The second-order valence-corrected chi connectivity index (χ2v) is 27.5. The van der Waals surface area contributed by atoms with Crippen molar-refractivity contribution in [1.29, 1.82) is 0 Å². The van der Waals surface area contributed by atoms with Crippen LogP contribution in [0.15, 0.2) is 121 Å². The number of hydrogen-bond acceptors (Lipinski definition) is 16. The summed E-state index contributed by atoms with van der Waals surface area (Å²) in [5.74, 6) is -9.70. The number of pyridine rings is 2. The van der Waals surface area contributed by atoms with Crippen LogP contribution in [-0.2, 0) is 61.2 Å². The fourth-order valence-electron chi connectivity index (χ4n) is 13.3. The molecule has 3 aliphatic rings. The molecule has 0 bridgehead atoms. The van der Waals surface area contributed by atoms with Gasteiger partial charge < -0.3 is 69.9 Å². The number of likely N-dealkylation sites (N-methyl/N-ethyl adjacent to an activating group) is 6. The van der Waals surface area contributed by atoms with Gasteiger partial charge in [-0.3, -0.25) is 57.5 Å². The summed E-state index contributed by atoms with van der Waals surface area (Å²) in [4.78, 5) is 195. The molecule has 28 nitrogen and oxygen atoms in total.